The monoisotopic (exact) mass is 405 g/mol. The third kappa shape index (κ3) is 4.45. The van der Waals surface area contributed by atoms with E-state index in [4.69, 9.17) is 5.41 Å². The first-order valence-corrected chi connectivity index (χ1v) is 9.03. The summed E-state index contributed by atoms with van der Waals surface area (Å²) in [5.41, 5.74) is 1.30. The number of nitrogens with one attached hydrogen (secondary N) is 5. The first-order chi connectivity index (χ1) is 13.9. The van der Waals surface area contributed by atoms with Gasteiger partial charge in [-0.2, -0.15) is 0 Å². The van der Waals surface area contributed by atoms with E-state index >= 15 is 0 Å². The zero-order valence-electron chi connectivity index (χ0n) is 15.7. The molecule has 29 heavy (non-hydrogen) atoms. The maximum absolute atomic E-state index is 14.8. The molecule has 0 aromatic heterocycles. The lowest BCUT2D eigenvalue weighted by Crippen LogP contribution is -2.18. The highest BCUT2D eigenvalue weighted by molar-refractivity contribution is 6.09. The number of para-hydroxylation sites is 1. The second-order valence-corrected chi connectivity index (χ2v) is 6.48. The average molecular weight is 405 g/mol. The Labute approximate surface area is 166 Å². The lowest BCUT2D eigenvalue weighted by molar-refractivity contribution is 0.151. The SMILES string of the molecule is CN/C=C(\C=N)c1cc(F)c(Nc2cccc3c2NCCC(O)N3)cc1C(F)F. The molecule has 6 N–H and O–H groups in total. The Hall–Kier alpha value is -3.20. The maximum atomic E-state index is 14.8. The van der Waals surface area contributed by atoms with Crippen LogP contribution in [0.25, 0.3) is 5.57 Å². The van der Waals surface area contributed by atoms with E-state index in [1.165, 1.54) is 6.20 Å². The molecule has 1 aliphatic heterocycles. The maximum Gasteiger partial charge on any atom is 0.264 e. The quantitative estimate of drug-likeness (QED) is 0.404. The Balaban J connectivity index is 2.03. The predicted molar refractivity (Wildman–Crippen MR) is 110 cm³/mol. The van der Waals surface area contributed by atoms with Gasteiger partial charge in [0.25, 0.3) is 6.43 Å². The van der Waals surface area contributed by atoms with Crippen molar-refractivity contribution in [3.8, 4) is 0 Å². The fourth-order valence-corrected chi connectivity index (χ4v) is 3.17. The van der Waals surface area contributed by atoms with E-state index in [-0.39, 0.29) is 22.4 Å². The van der Waals surface area contributed by atoms with Crippen LogP contribution in [-0.4, -0.2) is 31.1 Å². The number of anilines is 4. The zero-order chi connectivity index (χ0) is 21.0. The summed E-state index contributed by atoms with van der Waals surface area (Å²) in [4.78, 5) is 0. The van der Waals surface area contributed by atoms with Gasteiger partial charge in [-0.25, -0.2) is 13.2 Å². The normalized spacial score (nSPS) is 16.3. The molecule has 1 unspecified atom stereocenters. The molecule has 0 saturated carbocycles. The molecule has 0 saturated heterocycles. The minimum absolute atomic E-state index is 0.0535. The Morgan fingerprint density at radius 2 is 2.10 bits per heavy atom. The van der Waals surface area contributed by atoms with Gasteiger partial charge in [0.15, 0.2) is 0 Å². The van der Waals surface area contributed by atoms with E-state index in [9.17, 15) is 18.3 Å². The molecular weight excluding hydrogens is 383 g/mol. The van der Waals surface area contributed by atoms with Crippen molar-refractivity contribution in [2.45, 2.75) is 19.1 Å². The van der Waals surface area contributed by atoms with Crippen molar-refractivity contribution in [1.29, 1.82) is 5.41 Å². The van der Waals surface area contributed by atoms with E-state index in [1.54, 1.807) is 25.2 Å². The molecule has 0 fully saturated rings. The third-order valence-electron chi connectivity index (χ3n) is 4.52. The van der Waals surface area contributed by atoms with Gasteiger partial charge in [0, 0.05) is 43.6 Å². The van der Waals surface area contributed by atoms with Crippen LogP contribution in [0.5, 0.6) is 0 Å². The molecule has 2 aromatic rings. The van der Waals surface area contributed by atoms with Crippen LogP contribution in [0.4, 0.5) is 35.9 Å². The van der Waals surface area contributed by atoms with Crippen molar-refractivity contribution in [3.05, 3.63) is 53.5 Å². The molecule has 1 atom stereocenters. The van der Waals surface area contributed by atoms with Crippen molar-refractivity contribution in [3.63, 3.8) is 0 Å². The van der Waals surface area contributed by atoms with E-state index in [0.717, 1.165) is 18.3 Å². The molecule has 2 aromatic carbocycles. The molecule has 1 heterocycles. The summed E-state index contributed by atoms with van der Waals surface area (Å²) in [6, 6.07) is 7.20. The summed E-state index contributed by atoms with van der Waals surface area (Å²) in [5.74, 6) is -0.729. The molecule has 0 amide bonds. The number of hydrogen-bond acceptors (Lipinski definition) is 6. The van der Waals surface area contributed by atoms with Crippen LogP contribution in [0, 0.1) is 11.2 Å². The largest absolute Gasteiger partial charge is 0.393 e. The number of aliphatic hydroxyl groups is 1. The minimum Gasteiger partial charge on any atom is -0.393 e. The van der Waals surface area contributed by atoms with Gasteiger partial charge in [-0.05, 0) is 29.8 Å². The highest BCUT2D eigenvalue weighted by atomic mass is 19.3. The summed E-state index contributed by atoms with van der Waals surface area (Å²) in [6.45, 7) is 0.487. The highest BCUT2D eigenvalue weighted by Gasteiger charge is 2.21. The standard InChI is InChI=1S/C20H22F3N5O/c1-25-10-11(9-24)12-7-14(21)17(8-13(12)20(22)23)27-15-3-2-4-16-19(15)26-6-5-18(29)28-16/h2-4,7-10,18,20,24-29H,5-6H2,1H3/b11-10+,24-9?. The van der Waals surface area contributed by atoms with Gasteiger partial charge in [-0.15, -0.1) is 0 Å². The summed E-state index contributed by atoms with van der Waals surface area (Å²) >= 11 is 0. The van der Waals surface area contributed by atoms with Gasteiger partial charge in [-0.1, -0.05) is 6.07 Å². The summed E-state index contributed by atoms with van der Waals surface area (Å²) in [5, 5.41) is 28.9. The van der Waals surface area contributed by atoms with Gasteiger partial charge in [0.1, 0.15) is 12.0 Å². The molecule has 0 bridgehead atoms. The Morgan fingerprint density at radius 1 is 1.31 bits per heavy atom. The van der Waals surface area contributed by atoms with E-state index in [2.05, 4.69) is 21.3 Å². The van der Waals surface area contributed by atoms with Crippen molar-refractivity contribution >= 4 is 34.5 Å². The summed E-state index contributed by atoms with van der Waals surface area (Å²) in [6.07, 6.45) is -0.856. The number of rotatable bonds is 6. The minimum atomic E-state index is -2.85. The number of fused-ring (bicyclic) bond motifs is 1. The van der Waals surface area contributed by atoms with Crippen LogP contribution in [0.2, 0.25) is 0 Å². The fraction of sp³-hybridized carbons (Fsp3) is 0.250. The molecule has 0 spiro atoms. The second-order valence-electron chi connectivity index (χ2n) is 6.48. The van der Waals surface area contributed by atoms with Crippen LogP contribution in [0.1, 0.15) is 24.0 Å². The number of alkyl halides is 2. The smallest absolute Gasteiger partial charge is 0.264 e. The number of benzene rings is 2. The van der Waals surface area contributed by atoms with Gasteiger partial charge in [0.2, 0.25) is 0 Å². The molecule has 0 radical (unpaired) electrons. The number of halogens is 3. The predicted octanol–water partition coefficient (Wildman–Crippen LogP) is 4.26. The van der Waals surface area contributed by atoms with Crippen molar-refractivity contribution in [2.75, 3.05) is 29.5 Å². The number of allylic oxidation sites excluding steroid dienone is 1. The van der Waals surface area contributed by atoms with E-state index < -0.39 is 18.5 Å². The van der Waals surface area contributed by atoms with E-state index in [1.807, 2.05) is 0 Å². The van der Waals surface area contributed by atoms with Gasteiger partial charge >= 0.3 is 0 Å². The van der Waals surface area contributed by atoms with Crippen molar-refractivity contribution in [2.24, 2.45) is 0 Å². The Kier molecular flexibility index (Phi) is 6.28. The van der Waals surface area contributed by atoms with Crippen molar-refractivity contribution in [1.82, 2.24) is 5.32 Å². The number of hydrogen-bond donors (Lipinski definition) is 6. The number of aliphatic hydroxyl groups excluding tert-OH is 1. The first kappa shape index (κ1) is 20.5. The van der Waals surface area contributed by atoms with Crippen LogP contribution < -0.4 is 21.3 Å². The van der Waals surface area contributed by atoms with Crippen LogP contribution >= 0.6 is 0 Å². The van der Waals surface area contributed by atoms with Gasteiger partial charge in [0.05, 0.1) is 22.7 Å². The lowest BCUT2D eigenvalue weighted by Gasteiger charge is -2.18. The second kappa shape index (κ2) is 8.87. The average Bonchev–Trinajstić information content (AvgIpc) is 2.88. The Morgan fingerprint density at radius 3 is 2.79 bits per heavy atom. The molecule has 9 heteroatoms. The molecule has 154 valence electrons. The topological polar surface area (TPSA) is 92.2 Å². The highest BCUT2D eigenvalue weighted by Crippen LogP contribution is 2.37. The van der Waals surface area contributed by atoms with Crippen LogP contribution in [0.15, 0.2) is 36.5 Å². The van der Waals surface area contributed by atoms with Crippen LogP contribution in [0.3, 0.4) is 0 Å². The van der Waals surface area contributed by atoms with Crippen molar-refractivity contribution < 1.29 is 18.3 Å². The fourth-order valence-electron chi connectivity index (χ4n) is 3.17. The summed E-state index contributed by atoms with van der Waals surface area (Å²) in [7, 11) is 1.57. The molecule has 6 nitrogen and oxygen atoms in total. The van der Waals surface area contributed by atoms with Crippen LogP contribution in [-0.2, 0) is 0 Å². The molecular formula is C20H22F3N5O. The first-order valence-electron chi connectivity index (χ1n) is 9.03. The molecule has 0 aliphatic carbocycles. The summed E-state index contributed by atoms with van der Waals surface area (Å²) < 4.78 is 42.1. The third-order valence-corrected chi connectivity index (χ3v) is 4.52. The van der Waals surface area contributed by atoms with Gasteiger partial charge < -0.3 is 31.8 Å². The zero-order valence-corrected chi connectivity index (χ0v) is 15.7. The Bertz CT molecular complexity index is 933. The van der Waals surface area contributed by atoms with Gasteiger partial charge in [-0.3, -0.25) is 0 Å². The molecule has 1 aliphatic rings. The molecule has 3 rings (SSSR count). The lowest BCUT2D eigenvalue weighted by atomic mass is 9.99. The van der Waals surface area contributed by atoms with E-state index in [0.29, 0.717) is 30.0 Å².